The number of sulfonamides is 1. The largest absolute Gasteiger partial charge is 0.241 e. The van der Waals surface area contributed by atoms with Gasteiger partial charge in [0.2, 0.25) is 10.0 Å². The first-order valence-electron chi connectivity index (χ1n) is 6.75. The van der Waals surface area contributed by atoms with E-state index >= 15 is 0 Å². The Morgan fingerprint density at radius 3 is 2.35 bits per heavy atom. The molecule has 2 unspecified atom stereocenters. The highest BCUT2D eigenvalue weighted by molar-refractivity contribution is 9.10. The van der Waals surface area contributed by atoms with Crippen molar-refractivity contribution in [3.05, 3.63) is 28.5 Å². The number of rotatable bonds is 3. The van der Waals surface area contributed by atoms with E-state index in [2.05, 4.69) is 34.5 Å². The van der Waals surface area contributed by atoms with Crippen molar-refractivity contribution in [1.29, 1.82) is 0 Å². The first-order chi connectivity index (χ1) is 9.28. The first kappa shape index (κ1) is 15.9. The van der Waals surface area contributed by atoms with E-state index in [1.165, 1.54) is 12.1 Å². The molecule has 1 N–H and O–H groups in total. The summed E-state index contributed by atoms with van der Waals surface area (Å²) in [6.45, 7) is 4.29. The summed E-state index contributed by atoms with van der Waals surface area (Å²) in [5.41, 5.74) is 0. The van der Waals surface area contributed by atoms with Crippen molar-refractivity contribution in [1.82, 2.24) is 4.72 Å². The van der Waals surface area contributed by atoms with Crippen molar-refractivity contribution in [3.8, 4) is 0 Å². The summed E-state index contributed by atoms with van der Waals surface area (Å²) in [4.78, 5) is 0.0878. The van der Waals surface area contributed by atoms with Crippen LogP contribution in [0.2, 0.25) is 0 Å². The highest BCUT2D eigenvalue weighted by Gasteiger charge is 2.28. The van der Waals surface area contributed by atoms with E-state index in [1.54, 1.807) is 0 Å². The number of nitrogens with one attached hydrogen (secondary N) is 1. The van der Waals surface area contributed by atoms with E-state index in [9.17, 15) is 12.8 Å². The molecule has 1 fully saturated rings. The summed E-state index contributed by atoms with van der Waals surface area (Å²) in [5.74, 6) is 0.571. The monoisotopic (exact) mass is 363 g/mol. The minimum atomic E-state index is -3.62. The summed E-state index contributed by atoms with van der Waals surface area (Å²) in [6.07, 6.45) is 2.84. The molecule has 1 aromatic rings. The predicted molar refractivity (Wildman–Crippen MR) is 80.4 cm³/mol. The van der Waals surface area contributed by atoms with Gasteiger partial charge in [-0.1, -0.05) is 13.8 Å². The Kier molecular flexibility index (Phi) is 4.87. The molecule has 0 radical (unpaired) electrons. The minimum absolute atomic E-state index is 0.0456. The Bertz CT molecular complexity index is 581. The lowest BCUT2D eigenvalue weighted by atomic mass is 9.81. The van der Waals surface area contributed by atoms with Crippen LogP contribution in [0.1, 0.15) is 33.1 Å². The van der Waals surface area contributed by atoms with Crippen LogP contribution in [-0.2, 0) is 10.0 Å². The fourth-order valence-electron chi connectivity index (χ4n) is 3.02. The second kappa shape index (κ2) is 6.12. The molecular formula is C14H19BrFNO2S. The molecule has 0 amide bonds. The second-order valence-corrected chi connectivity index (χ2v) is 8.35. The van der Waals surface area contributed by atoms with Gasteiger partial charge in [0.05, 0.1) is 4.90 Å². The quantitative estimate of drug-likeness (QED) is 0.889. The fraction of sp³-hybridized carbons (Fsp3) is 0.571. The van der Waals surface area contributed by atoms with Crippen LogP contribution in [0, 0.1) is 17.7 Å². The molecule has 6 heteroatoms. The Balaban J connectivity index is 2.18. The molecule has 3 nitrogen and oxygen atoms in total. The predicted octanol–water partition coefficient (Wildman–Crippen LogP) is 3.69. The first-order valence-corrected chi connectivity index (χ1v) is 9.03. The Labute approximate surface area is 128 Å². The van der Waals surface area contributed by atoms with E-state index in [4.69, 9.17) is 0 Å². The van der Waals surface area contributed by atoms with Crippen LogP contribution in [0.5, 0.6) is 0 Å². The molecule has 112 valence electrons. The molecule has 1 saturated carbocycles. The Morgan fingerprint density at radius 2 is 1.80 bits per heavy atom. The number of hydrogen-bond acceptors (Lipinski definition) is 2. The van der Waals surface area contributed by atoms with Gasteiger partial charge in [0.1, 0.15) is 5.82 Å². The van der Waals surface area contributed by atoms with E-state index in [0.717, 1.165) is 25.3 Å². The lowest BCUT2D eigenvalue weighted by molar-refractivity contribution is 0.257. The van der Waals surface area contributed by atoms with Gasteiger partial charge < -0.3 is 0 Å². The smallest absolute Gasteiger partial charge is 0.208 e. The number of halogens is 2. The van der Waals surface area contributed by atoms with Gasteiger partial charge in [-0.25, -0.2) is 17.5 Å². The van der Waals surface area contributed by atoms with Crippen LogP contribution in [-0.4, -0.2) is 14.5 Å². The molecule has 0 bridgehead atoms. The van der Waals surface area contributed by atoms with Gasteiger partial charge in [0.15, 0.2) is 0 Å². The lowest BCUT2D eigenvalue weighted by Gasteiger charge is -2.31. The van der Waals surface area contributed by atoms with Crippen molar-refractivity contribution in [3.63, 3.8) is 0 Å². The molecule has 20 heavy (non-hydrogen) atoms. The minimum Gasteiger partial charge on any atom is -0.208 e. The van der Waals surface area contributed by atoms with Crippen molar-refractivity contribution in [2.45, 2.75) is 44.0 Å². The third kappa shape index (κ3) is 3.80. The van der Waals surface area contributed by atoms with Crippen molar-refractivity contribution in [2.24, 2.45) is 11.8 Å². The Morgan fingerprint density at radius 1 is 1.20 bits per heavy atom. The van der Waals surface area contributed by atoms with Gasteiger partial charge in [0.25, 0.3) is 0 Å². The maximum Gasteiger partial charge on any atom is 0.241 e. The van der Waals surface area contributed by atoms with Gasteiger partial charge in [-0.15, -0.1) is 0 Å². The van der Waals surface area contributed by atoms with Gasteiger partial charge in [-0.2, -0.15) is 0 Å². The average molecular weight is 364 g/mol. The lowest BCUT2D eigenvalue weighted by Crippen LogP contribution is -2.40. The van der Waals surface area contributed by atoms with Crippen LogP contribution in [0.4, 0.5) is 4.39 Å². The van der Waals surface area contributed by atoms with Crippen molar-refractivity contribution in [2.75, 3.05) is 0 Å². The van der Waals surface area contributed by atoms with E-state index in [1.807, 2.05) is 0 Å². The third-order valence-corrected chi connectivity index (χ3v) is 6.18. The van der Waals surface area contributed by atoms with Gasteiger partial charge in [0, 0.05) is 10.5 Å². The van der Waals surface area contributed by atoms with Crippen LogP contribution in [0.25, 0.3) is 0 Å². The van der Waals surface area contributed by atoms with Crippen LogP contribution >= 0.6 is 15.9 Å². The zero-order chi connectivity index (χ0) is 14.9. The number of hydrogen-bond donors (Lipinski definition) is 1. The highest BCUT2D eigenvalue weighted by atomic mass is 79.9. The molecule has 0 aromatic heterocycles. The molecular weight excluding hydrogens is 345 g/mol. The summed E-state index contributed by atoms with van der Waals surface area (Å²) in [5, 5.41) is 0. The van der Waals surface area contributed by atoms with Crippen LogP contribution in [0.3, 0.4) is 0 Å². The van der Waals surface area contributed by atoms with Gasteiger partial charge in [-0.3, -0.25) is 0 Å². The maximum atomic E-state index is 13.1. The second-order valence-electron chi connectivity index (χ2n) is 5.81. The van der Waals surface area contributed by atoms with E-state index in [-0.39, 0.29) is 15.4 Å². The molecule has 0 saturated heterocycles. The molecule has 2 atom stereocenters. The van der Waals surface area contributed by atoms with Crippen molar-refractivity contribution < 1.29 is 12.8 Å². The maximum absolute atomic E-state index is 13.1. The zero-order valence-corrected chi connectivity index (χ0v) is 14.0. The summed E-state index contributed by atoms with van der Waals surface area (Å²) < 4.78 is 40.8. The van der Waals surface area contributed by atoms with Crippen molar-refractivity contribution >= 4 is 26.0 Å². The molecule has 0 spiro atoms. The molecule has 0 aliphatic heterocycles. The highest BCUT2D eigenvalue weighted by Crippen LogP contribution is 2.30. The topological polar surface area (TPSA) is 46.2 Å². The Hall–Kier alpha value is -0.460. The summed E-state index contributed by atoms with van der Waals surface area (Å²) >= 11 is 3.11. The molecule has 2 rings (SSSR count). The standard InChI is InChI=1S/C14H19BrFNO2S/c1-9-5-10(2)7-12(6-9)17-20(18,19)14-4-3-11(16)8-13(14)15/h3-4,8-10,12,17H,5-7H2,1-2H3. The molecule has 1 aliphatic rings. The van der Waals surface area contributed by atoms with Crippen LogP contribution in [0.15, 0.2) is 27.6 Å². The third-order valence-electron chi connectivity index (χ3n) is 3.68. The molecule has 0 heterocycles. The summed E-state index contributed by atoms with van der Waals surface area (Å²) in [7, 11) is -3.62. The van der Waals surface area contributed by atoms with Gasteiger partial charge >= 0.3 is 0 Å². The average Bonchev–Trinajstić information content (AvgIpc) is 2.25. The van der Waals surface area contributed by atoms with Crippen LogP contribution < -0.4 is 4.72 Å². The summed E-state index contributed by atoms with van der Waals surface area (Å²) in [6, 6.07) is 3.57. The van der Waals surface area contributed by atoms with E-state index in [0.29, 0.717) is 11.8 Å². The molecule has 1 aliphatic carbocycles. The van der Waals surface area contributed by atoms with Gasteiger partial charge in [-0.05, 0) is 65.2 Å². The zero-order valence-electron chi connectivity index (χ0n) is 11.6. The van der Waals surface area contributed by atoms with E-state index < -0.39 is 15.8 Å². The SMILES string of the molecule is CC1CC(C)CC(NS(=O)(=O)c2ccc(F)cc2Br)C1. The fourth-order valence-corrected chi connectivity index (χ4v) is 5.33. The molecule has 1 aromatic carbocycles. The number of benzene rings is 1. The normalized spacial score (nSPS) is 27.5.